The molecule has 0 radical (unpaired) electrons. The molecule has 0 amide bonds. The van der Waals surface area contributed by atoms with Gasteiger partial charge < -0.3 is 9.47 Å². The molecule has 0 aromatic carbocycles. The van der Waals surface area contributed by atoms with Crippen LogP contribution in [0.2, 0.25) is 0 Å². The molecule has 0 bridgehead atoms. The number of thiophene rings is 1. The van der Waals surface area contributed by atoms with E-state index < -0.39 is 0 Å². The molecule has 0 aliphatic carbocycles. The average molecular weight is 250 g/mol. The average Bonchev–Trinajstić information content (AvgIpc) is 2.56. The third-order valence-electron chi connectivity index (χ3n) is 2.46. The number of ether oxygens (including phenoxy) is 2. The van der Waals surface area contributed by atoms with Gasteiger partial charge in [-0.3, -0.25) is 0 Å². The van der Waals surface area contributed by atoms with Gasteiger partial charge in [-0.1, -0.05) is 24.3 Å². The van der Waals surface area contributed by atoms with E-state index in [1.54, 1.807) is 11.3 Å². The van der Waals surface area contributed by atoms with Crippen LogP contribution in [0.4, 0.5) is 0 Å². The summed E-state index contributed by atoms with van der Waals surface area (Å²) in [5, 5.41) is 0. The van der Waals surface area contributed by atoms with Crippen molar-refractivity contribution >= 4 is 11.3 Å². The fourth-order valence-electron chi connectivity index (χ4n) is 1.86. The summed E-state index contributed by atoms with van der Waals surface area (Å²) in [6, 6.07) is 0. The Morgan fingerprint density at radius 3 is 1.76 bits per heavy atom. The van der Waals surface area contributed by atoms with Crippen LogP contribution < -0.4 is 9.47 Å². The fourth-order valence-corrected chi connectivity index (χ4v) is 3.28. The summed E-state index contributed by atoms with van der Waals surface area (Å²) >= 11 is 1.76. The quantitative estimate of drug-likeness (QED) is 0.758. The summed E-state index contributed by atoms with van der Waals surface area (Å²) < 4.78 is 11.5. The number of hydrogen-bond donors (Lipinski definition) is 0. The fraction of sp³-hybridized carbons (Fsp3) is 0.429. The Bertz CT molecular complexity index is 417. The van der Waals surface area contributed by atoms with E-state index in [0.717, 1.165) is 35.5 Å². The van der Waals surface area contributed by atoms with E-state index in [-0.39, 0.29) is 0 Å². The lowest BCUT2D eigenvalue weighted by Crippen LogP contribution is -2.15. The third-order valence-corrected chi connectivity index (χ3v) is 3.61. The minimum absolute atomic E-state index is 0.638. The minimum atomic E-state index is 0.638. The molecule has 0 atom stereocenters. The van der Waals surface area contributed by atoms with Gasteiger partial charge in [0.25, 0.3) is 0 Å². The highest BCUT2D eigenvalue weighted by atomic mass is 32.1. The minimum Gasteiger partial charge on any atom is -0.485 e. The molecule has 2 rings (SSSR count). The first-order valence-corrected chi connectivity index (χ1v) is 6.58. The van der Waals surface area contributed by atoms with Crippen molar-refractivity contribution in [2.45, 2.75) is 26.7 Å². The standard InChI is InChI=1S/C14H18O2S/c1-9(2)7-11-13-14(16-6-5-15-13)12(17-11)8-10(3)4/h1,3,5-8H2,2,4H3. The van der Waals surface area contributed by atoms with Crippen LogP contribution in [-0.2, 0) is 12.8 Å². The SMILES string of the molecule is C=C(C)Cc1sc(CC(=C)C)c2c1OCCO2. The predicted molar refractivity (Wildman–Crippen MR) is 72.3 cm³/mol. The molecule has 0 fully saturated rings. The predicted octanol–water partition coefficient (Wildman–Crippen LogP) is 3.76. The number of fused-ring (bicyclic) bond motifs is 1. The molecule has 1 aliphatic rings. The summed E-state index contributed by atoms with van der Waals surface area (Å²) in [6.07, 6.45) is 1.74. The highest BCUT2D eigenvalue weighted by Gasteiger charge is 2.23. The molecular weight excluding hydrogens is 232 g/mol. The molecule has 3 heteroatoms. The summed E-state index contributed by atoms with van der Waals surface area (Å²) in [7, 11) is 0. The lowest BCUT2D eigenvalue weighted by Gasteiger charge is -2.17. The first-order valence-electron chi connectivity index (χ1n) is 5.77. The normalized spacial score (nSPS) is 13.5. The van der Waals surface area contributed by atoms with Crippen LogP contribution in [0.15, 0.2) is 24.3 Å². The molecule has 1 aromatic rings. The van der Waals surface area contributed by atoms with Crippen LogP contribution in [0, 0.1) is 0 Å². The zero-order chi connectivity index (χ0) is 12.4. The maximum Gasteiger partial charge on any atom is 0.175 e. The van der Waals surface area contributed by atoms with Crippen molar-refractivity contribution in [1.82, 2.24) is 0 Å². The Balaban J connectivity index is 2.36. The van der Waals surface area contributed by atoms with Crippen LogP contribution in [0.1, 0.15) is 23.6 Å². The summed E-state index contributed by atoms with van der Waals surface area (Å²) in [4.78, 5) is 2.45. The number of hydrogen-bond acceptors (Lipinski definition) is 3. The molecule has 2 heterocycles. The van der Waals surface area contributed by atoms with Gasteiger partial charge in [-0.05, 0) is 13.8 Å². The van der Waals surface area contributed by atoms with E-state index in [1.807, 2.05) is 13.8 Å². The van der Waals surface area contributed by atoms with Crippen LogP contribution in [0.25, 0.3) is 0 Å². The summed E-state index contributed by atoms with van der Waals surface area (Å²) in [5.74, 6) is 1.86. The van der Waals surface area contributed by atoms with Crippen molar-refractivity contribution in [2.24, 2.45) is 0 Å². The van der Waals surface area contributed by atoms with Crippen LogP contribution in [0.5, 0.6) is 11.5 Å². The second-order valence-electron chi connectivity index (χ2n) is 4.57. The van der Waals surface area contributed by atoms with Crippen molar-refractivity contribution < 1.29 is 9.47 Å². The molecule has 0 spiro atoms. The first kappa shape index (κ1) is 12.2. The van der Waals surface area contributed by atoms with E-state index in [4.69, 9.17) is 9.47 Å². The van der Waals surface area contributed by atoms with Gasteiger partial charge in [0.15, 0.2) is 11.5 Å². The van der Waals surface area contributed by atoms with Crippen molar-refractivity contribution in [1.29, 1.82) is 0 Å². The molecule has 1 aromatic heterocycles. The van der Waals surface area contributed by atoms with Gasteiger partial charge in [0.2, 0.25) is 0 Å². The van der Waals surface area contributed by atoms with Gasteiger partial charge in [0, 0.05) is 12.8 Å². The Kier molecular flexibility index (Phi) is 3.57. The monoisotopic (exact) mass is 250 g/mol. The lowest BCUT2D eigenvalue weighted by molar-refractivity contribution is 0.171. The van der Waals surface area contributed by atoms with Crippen LogP contribution >= 0.6 is 11.3 Å². The highest BCUT2D eigenvalue weighted by molar-refractivity contribution is 7.12. The zero-order valence-corrected chi connectivity index (χ0v) is 11.3. The van der Waals surface area contributed by atoms with Gasteiger partial charge in [-0.15, -0.1) is 11.3 Å². The number of rotatable bonds is 4. The maximum atomic E-state index is 5.73. The summed E-state index contributed by atoms with van der Waals surface area (Å²) in [6.45, 7) is 13.3. The smallest absolute Gasteiger partial charge is 0.175 e. The zero-order valence-electron chi connectivity index (χ0n) is 10.5. The van der Waals surface area contributed by atoms with Crippen molar-refractivity contribution in [3.63, 3.8) is 0 Å². The van der Waals surface area contributed by atoms with Gasteiger partial charge >= 0.3 is 0 Å². The largest absolute Gasteiger partial charge is 0.485 e. The van der Waals surface area contributed by atoms with Crippen LogP contribution in [0.3, 0.4) is 0 Å². The Labute approximate surface area is 107 Å². The van der Waals surface area contributed by atoms with E-state index >= 15 is 0 Å². The molecular formula is C14H18O2S. The van der Waals surface area contributed by atoms with E-state index in [9.17, 15) is 0 Å². The van der Waals surface area contributed by atoms with Crippen molar-refractivity contribution in [2.75, 3.05) is 13.2 Å². The van der Waals surface area contributed by atoms with E-state index in [2.05, 4.69) is 13.2 Å². The molecule has 0 unspecified atom stereocenters. The molecule has 92 valence electrons. The maximum absolute atomic E-state index is 5.73. The molecule has 2 nitrogen and oxygen atoms in total. The second-order valence-corrected chi connectivity index (χ2v) is 5.76. The molecule has 1 aliphatic heterocycles. The topological polar surface area (TPSA) is 18.5 Å². The molecule has 0 N–H and O–H groups in total. The van der Waals surface area contributed by atoms with Crippen LogP contribution in [-0.4, -0.2) is 13.2 Å². The van der Waals surface area contributed by atoms with Gasteiger partial charge in [0.1, 0.15) is 13.2 Å². The highest BCUT2D eigenvalue weighted by Crippen LogP contribution is 2.45. The molecule has 0 saturated heterocycles. The Morgan fingerprint density at radius 2 is 1.41 bits per heavy atom. The first-order chi connectivity index (χ1) is 8.08. The van der Waals surface area contributed by atoms with E-state index in [1.165, 1.54) is 9.75 Å². The third kappa shape index (κ3) is 2.72. The van der Waals surface area contributed by atoms with Gasteiger partial charge in [0.05, 0.1) is 9.75 Å². The van der Waals surface area contributed by atoms with E-state index in [0.29, 0.717) is 13.2 Å². The Hall–Kier alpha value is -1.22. The van der Waals surface area contributed by atoms with Gasteiger partial charge in [-0.2, -0.15) is 0 Å². The number of allylic oxidation sites excluding steroid dienone is 2. The van der Waals surface area contributed by atoms with Crippen molar-refractivity contribution in [3.05, 3.63) is 34.1 Å². The Morgan fingerprint density at radius 1 is 1.00 bits per heavy atom. The van der Waals surface area contributed by atoms with Crippen molar-refractivity contribution in [3.8, 4) is 11.5 Å². The lowest BCUT2D eigenvalue weighted by atomic mass is 10.1. The summed E-state index contributed by atoms with van der Waals surface area (Å²) in [5.41, 5.74) is 2.29. The van der Waals surface area contributed by atoms with Gasteiger partial charge in [-0.25, -0.2) is 0 Å². The molecule has 17 heavy (non-hydrogen) atoms. The second kappa shape index (κ2) is 4.96. The molecule has 0 saturated carbocycles.